The van der Waals surface area contributed by atoms with Crippen molar-refractivity contribution in [2.75, 3.05) is 19.8 Å². The third-order valence-corrected chi connectivity index (χ3v) is 6.53. The van der Waals surface area contributed by atoms with E-state index < -0.39 is 46.0 Å². The SMILES string of the molecule is CCCOc1ccc(OCC2CC=C(c3ccc(-c4ccc(OCC)c(F)c4F)c(F)c3F)CC2)c(F)c1F. The minimum atomic E-state index is -1.33. The molecule has 3 aromatic rings. The Morgan fingerprint density at radius 1 is 0.641 bits per heavy atom. The Morgan fingerprint density at radius 2 is 1.15 bits per heavy atom. The second-order valence-corrected chi connectivity index (χ2v) is 9.18. The molecule has 0 bridgehead atoms. The maximum atomic E-state index is 15.1. The van der Waals surface area contributed by atoms with Crippen LogP contribution in [0.5, 0.6) is 17.2 Å². The van der Waals surface area contributed by atoms with Crippen LogP contribution in [-0.4, -0.2) is 19.8 Å². The Morgan fingerprint density at radius 3 is 1.77 bits per heavy atom. The molecule has 1 aliphatic rings. The van der Waals surface area contributed by atoms with Gasteiger partial charge >= 0.3 is 0 Å². The van der Waals surface area contributed by atoms with Crippen molar-refractivity contribution in [3.63, 3.8) is 0 Å². The van der Waals surface area contributed by atoms with Gasteiger partial charge in [-0.15, -0.1) is 0 Å². The summed E-state index contributed by atoms with van der Waals surface area (Å²) in [7, 11) is 0. The van der Waals surface area contributed by atoms with Gasteiger partial charge in [0.1, 0.15) is 0 Å². The first-order valence-corrected chi connectivity index (χ1v) is 12.8. The van der Waals surface area contributed by atoms with Crippen molar-refractivity contribution in [2.45, 2.75) is 39.5 Å². The molecule has 3 nitrogen and oxygen atoms in total. The Labute approximate surface area is 223 Å². The third-order valence-electron chi connectivity index (χ3n) is 6.53. The van der Waals surface area contributed by atoms with E-state index in [1.807, 2.05) is 6.92 Å². The van der Waals surface area contributed by atoms with E-state index in [0.717, 1.165) is 6.07 Å². The van der Waals surface area contributed by atoms with E-state index in [-0.39, 0.29) is 48.6 Å². The lowest BCUT2D eigenvalue weighted by Crippen LogP contribution is -2.16. The van der Waals surface area contributed by atoms with Crippen LogP contribution in [0.3, 0.4) is 0 Å². The fourth-order valence-electron chi connectivity index (χ4n) is 4.45. The number of halogens is 6. The van der Waals surface area contributed by atoms with E-state index in [1.165, 1.54) is 30.3 Å². The van der Waals surface area contributed by atoms with E-state index in [0.29, 0.717) is 31.3 Å². The molecule has 1 aliphatic carbocycles. The zero-order valence-electron chi connectivity index (χ0n) is 21.6. The smallest absolute Gasteiger partial charge is 0.204 e. The van der Waals surface area contributed by atoms with Gasteiger partial charge in [-0.3, -0.25) is 0 Å². The largest absolute Gasteiger partial charge is 0.491 e. The summed E-state index contributed by atoms with van der Waals surface area (Å²) in [6.07, 6.45) is 3.76. The lowest BCUT2D eigenvalue weighted by Gasteiger charge is -2.23. The average Bonchev–Trinajstić information content (AvgIpc) is 2.94. The molecule has 0 fully saturated rings. The van der Waals surface area contributed by atoms with E-state index in [2.05, 4.69) is 0 Å². The third kappa shape index (κ3) is 6.02. The highest BCUT2D eigenvalue weighted by Crippen LogP contribution is 2.37. The van der Waals surface area contributed by atoms with Crippen molar-refractivity contribution >= 4 is 5.57 Å². The van der Waals surface area contributed by atoms with Gasteiger partial charge in [0.2, 0.25) is 17.5 Å². The quantitative estimate of drug-likeness (QED) is 0.237. The summed E-state index contributed by atoms with van der Waals surface area (Å²) >= 11 is 0. The molecule has 0 heterocycles. The standard InChI is InChI=1S/C30H28F6O3/c1-3-15-38-23-13-14-24(30(36)29(23)35)39-16-17-5-7-18(8-6-17)19-9-10-20(26(32)25(19)31)21-11-12-22(37-4-2)28(34)27(21)33/h7,9-14,17H,3-6,8,15-16H2,1-2H3. The minimum Gasteiger partial charge on any atom is -0.491 e. The van der Waals surface area contributed by atoms with Crippen LogP contribution in [0.4, 0.5) is 26.3 Å². The lowest BCUT2D eigenvalue weighted by atomic mass is 9.86. The van der Waals surface area contributed by atoms with Crippen molar-refractivity contribution < 1.29 is 40.6 Å². The van der Waals surface area contributed by atoms with Crippen LogP contribution in [0, 0.1) is 40.8 Å². The summed E-state index contributed by atoms with van der Waals surface area (Å²) in [6.45, 7) is 3.94. The molecule has 1 atom stereocenters. The van der Waals surface area contributed by atoms with Crippen LogP contribution in [0.15, 0.2) is 42.5 Å². The monoisotopic (exact) mass is 550 g/mol. The molecule has 0 amide bonds. The van der Waals surface area contributed by atoms with Gasteiger partial charge in [-0.05, 0) is 68.4 Å². The second kappa shape index (κ2) is 12.5. The zero-order valence-corrected chi connectivity index (χ0v) is 21.6. The van der Waals surface area contributed by atoms with Gasteiger partial charge < -0.3 is 14.2 Å². The van der Waals surface area contributed by atoms with Gasteiger partial charge in [-0.1, -0.05) is 25.1 Å². The van der Waals surface area contributed by atoms with Gasteiger partial charge in [0, 0.05) is 16.7 Å². The van der Waals surface area contributed by atoms with Crippen molar-refractivity contribution in [3.05, 3.63) is 82.9 Å². The summed E-state index contributed by atoms with van der Waals surface area (Å²) in [5, 5.41) is 0. The molecule has 0 N–H and O–H groups in total. The van der Waals surface area contributed by atoms with E-state index >= 15 is 4.39 Å². The molecule has 0 aromatic heterocycles. The van der Waals surface area contributed by atoms with Crippen LogP contribution in [0.2, 0.25) is 0 Å². The predicted octanol–water partition coefficient (Wildman–Crippen LogP) is 8.64. The number of ether oxygens (including phenoxy) is 3. The van der Waals surface area contributed by atoms with Gasteiger partial charge in [0.05, 0.1) is 19.8 Å². The first kappa shape index (κ1) is 28.4. The Balaban J connectivity index is 1.45. The highest BCUT2D eigenvalue weighted by Gasteiger charge is 2.25. The van der Waals surface area contributed by atoms with E-state index in [1.54, 1.807) is 13.0 Å². The van der Waals surface area contributed by atoms with Crippen molar-refractivity contribution in [1.82, 2.24) is 0 Å². The maximum Gasteiger partial charge on any atom is 0.204 e. The van der Waals surface area contributed by atoms with Crippen LogP contribution < -0.4 is 14.2 Å². The Hall–Kier alpha value is -3.62. The van der Waals surface area contributed by atoms with E-state index in [4.69, 9.17) is 14.2 Å². The lowest BCUT2D eigenvalue weighted by molar-refractivity contribution is 0.225. The second-order valence-electron chi connectivity index (χ2n) is 9.18. The van der Waals surface area contributed by atoms with Crippen LogP contribution in [0.1, 0.15) is 45.1 Å². The van der Waals surface area contributed by atoms with Crippen molar-refractivity contribution in [1.29, 1.82) is 0 Å². The van der Waals surface area contributed by atoms with Crippen LogP contribution in [0.25, 0.3) is 16.7 Å². The summed E-state index contributed by atoms with van der Waals surface area (Å²) in [6, 6.07) is 7.50. The highest BCUT2D eigenvalue weighted by atomic mass is 19.2. The molecule has 39 heavy (non-hydrogen) atoms. The van der Waals surface area contributed by atoms with Gasteiger partial charge in [0.15, 0.2) is 34.7 Å². The fraction of sp³-hybridized carbons (Fsp3) is 0.333. The maximum absolute atomic E-state index is 15.1. The number of benzene rings is 3. The van der Waals surface area contributed by atoms with Crippen LogP contribution in [-0.2, 0) is 0 Å². The average molecular weight is 551 g/mol. The summed E-state index contributed by atoms with van der Waals surface area (Å²) in [4.78, 5) is 0. The number of rotatable bonds is 10. The minimum absolute atomic E-state index is 0.0261. The first-order valence-electron chi connectivity index (χ1n) is 12.8. The van der Waals surface area contributed by atoms with Gasteiger partial charge in [0.25, 0.3) is 0 Å². The molecule has 0 aliphatic heterocycles. The zero-order chi connectivity index (χ0) is 28.1. The predicted molar refractivity (Wildman–Crippen MR) is 136 cm³/mol. The summed E-state index contributed by atoms with van der Waals surface area (Å²) < 4.78 is 103. The van der Waals surface area contributed by atoms with Crippen LogP contribution >= 0.6 is 0 Å². The first-order chi connectivity index (χ1) is 18.8. The van der Waals surface area contributed by atoms with Gasteiger partial charge in [-0.2, -0.15) is 13.2 Å². The highest BCUT2D eigenvalue weighted by molar-refractivity contribution is 5.72. The molecule has 208 valence electrons. The topological polar surface area (TPSA) is 27.7 Å². The molecule has 1 unspecified atom stereocenters. The van der Waals surface area contributed by atoms with Crippen molar-refractivity contribution in [2.24, 2.45) is 5.92 Å². The molecule has 0 saturated heterocycles. The molecular formula is C30H28F6O3. The molecular weight excluding hydrogens is 522 g/mol. The molecule has 0 radical (unpaired) electrons. The normalized spacial score (nSPS) is 15.2. The Bertz CT molecular complexity index is 1370. The van der Waals surface area contributed by atoms with Crippen molar-refractivity contribution in [3.8, 4) is 28.4 Å². The van der Waals surface area contributed by atoms with E-state index in [9.17, 15) is 22.0 Å². The summed E-state index contributed by atoms with van der Waals surface area (Å²) in [5.41, 5.74) is -0.235. The molecule has 0 spiro atoms. The Kier molecular flexibility index (Phi) is 9.09. The summed E-state index contributed by atoms with van der Waals surface area (Å²) in [5.74, 6) is -8.06. The molecule has 4 rings (SSSR count). The molecule has 9 heteroatoms. The number of hydrogen-bond donors (Lipinski definition) is 0. The molecule has 0 saturated carbocycles. The fourth-order valence-corrected chi connectivity index (χ4v) is 4.45. The number of allylic oxidation sites excluding steroid dienone is 2. The van der Waals surface area contributed by atoms with Gasteiger partial charge in [-0.25, -0.2) is 13.2 Å². The number of hydrogen-bond acceptors (Lipinski definition) is 3. The molecule has 3 aromatic carbocycles.